The third-order valence-corrected chi connectivity index (χ3v) is 20.2. The van der Waals surface area contributed by atoms with Crippen LogP contribution in [0.15, 0.2) is 0 Å². The highest BCUT2D eigenvalue weighted by Crippen LogP contribution is 2.45. The lowest BCUT2D eigenvalue weighted by Crippen LogP contribution is -2.30. The zero-order valence-electron chi connectivity index (χ0n) is 63.2. The van der Waals surface area contributed by atoms with Gasteiger partial charge in [0, 0.05) is 25.7 Å². The maximum atomic E-state index is 13.1. The molecule has 0 heterocycles. The Morgan fingerprint density at radius 2 is 0.474 bits per heavy atom. The number of hydrogen-bond acceptors (Lipinski definition) is 15. The minimum Gasteiger partial charge on any atom is -0.462 e. The number of phosphoric ester groups is 2. The van der Waals surface area contributed by atoms with Gasteiger partial charge < -0.3 is 33.8 Å². The van der Waals surface area contributed by atoms with Crippen molar-refractivity contribution in [3.05, 3.63) is 0 Å². The zero-order chi connectivity index (χ0) is 71.2. The first-order valence-corrected chi connectivity index (χ1v) is 43.6. The van der Waals surface area contributed by atoms with E-state index in [-0.39, 0.29) is 25.7 Å². The molecule has 0 spiro atoms. The van der Waals surface area contributed by atoms with Crippen molar-refractivity contribution in [2.24, 2.45) is 5.92 Å². The predicted octanol–water partition coefficient (Wildman–Crippen LogP) is 23.3. The van der Waals surface area contributed by atoms with Crippen LogP contribution in [0.5, 0.6) is 0 Å². The van der Waals surface area contributed by atoms with Crippen molar-refractivity contribution in [3.63, 3.8) is 0 Å². The van der Waals surface area contributed by atoms with Crippen LogP contribution in [0.1, 0.15) is 413 Å². The standard InChI is InChI=1S/C78H152O17P2/c1-6-9-12-15-18-21-24-27-30-33-36-39-42-49-54-59-64-77(82)94-73(67-88-75(80)61-56-51-46-40-37-34-31-28-25-22-19-16-13-10-7-2)69-92-96(84,85)90-65-72(79)66-91-97(86,87)93-70-74(68-89-76(81)62-57-52-47-44-43-45-50-55-60-71(4)5)95-78(83)63-58-53-48-41-38-35-32-29-26-23-20-17-14-11-8-3/h71-74,79H,6-70H2,1-5H3,(H,84,85)(H,86,87)/t72-,73-,74-/m1/s1. The van der Waals surface area contributed by atoms with Crippen molar-refractivity contribution in [1.82, 2.24) is 0 Å². The summed E-state index contributed by atoms with van der Waals surface area (Å²) in [6.45, 7) is 7.29. The van der Waals surface area contributed by atoms with E-state index in [0.29, 0.717) is 25.7 Å². The summed E-state index contributed by atoms with van der Waals surface area (Å²) in [7, 11) is -9.91. The van der Waals surface area contributed by atoms with E-state index in [1.807, 2.05) is 0 Å². The highest BCUT2D eigenvalue weighted by atomic mass is 31.2. The molecule has 0 aromatic rings. The molecule has 0 aliphatic rings. The third kappa shape index (κ3) is 72.2. The number of unbranched alkanes of at least 4 members (excludes halogenated alkanes) is 50. The van der Waals surface area contributed by atoms with E-state index in [4.69, 9.17) is 37.0 Å². The molecule has 5 atom stereocenters. The second-order valence-electron chi connectivity index (χ2n) is 28.6. The zero-order valence-corrected chi connectivity index (χ0v) is 65.0. The Morgan fingerprint density at radius 1 is 0.278 bits per heavy atom. The number of hydrogen-bond donors (Lipinski definition) is 3. The SMILES string of the molecule is CCCCCCCCCCCCCCCCCCC(=O)O[C@H](COC(=O)CCCCCCCCCCCCCCCCC)COP(=O)(O)OC[C@@H](O)COP(=O)(O)OC[C@@H](COC(=O)CCCCCCCCCCC(C)C)OC(=O)CCCCCCCCCCCCCCCCC. The van der Waals surface area contributed by atoms with E-state index in [1.165, 1.54) is 238 Å². The summed E-state index contributed by atoms with van der Waals surface area (Å²) < 4.78 is 68.6. The van der Waals surface area contributed by atoms with Crippen LogP contribution in [-0.4, -0.2) is 96.7 Å². The molecule has 0 saturated carbocycles. The van der Waals surface area contributed by atoms with Crippen LogP contribution in [0, 0.1) is 5.92 Å². The summed E-state index contributed by atoms with van der Waals surface area (Å²) in [6, 6.07) is 0. The normalized spacial score (nSPS) is 13.9. The molecule has 2 unspecified atom stereocenters. The molecule has 0 aromatic carbocycles. The van der Waals surface area contributed by atoms with Crippen LogP contribution in [0.25, 0.3) is 0 Å². The summed E-state index contributed by atoms with van der Waals surface area (Å²) in [6.07, 6.45) is 60.9. The van der Waals surface area contributed by atoms with Crippen molar-refractivity contribution >= 4 is 39.5 Å². The van der Waals surface area contributed by atoms with Gasteiger partial charge in [-0.05, 0) is 31.6 Å². The van der Waals surface area contributed by atoms with Gasteiger partial charge in [0.1, 0.15) is 19.3 Å². The molecule has 0 bridgehead atoms. The first kappa shape index (κ1) is 95.1. The highest BCUT2D eigenvalue weighted by Gasteiger charge is 2.30. The van der Waals surface area contributed by atoms with Crippen molar-refractivity contribution < 1.29 is 80.2 Å². The monoisotopic (exact) mass is 1420 g/mol. The summed E-state index contributed by atoms with van der Waals surface area (Å²) >= 11 is 0. The number of esters is 4. The number of carbonyl (C=O) groups excluding carboxylic acids is 4. The van der Waals surface area contributed by atoms with Gasteiger partial charge in [0.25, 0.3) is 0 Å². The Balaban J connectivity index is 5.26. The van der Waals surface area contributed by atoms with Gasteiger partial charge in [0.2, 0.25) is 0 Å². The van der Waals surface area contributed by atoms with Crippen molar-refractivity contribution in [1.29, 1.82) is 0 Å². The Hall–Kier alpha value is -1.94. The lowest BCUT2D eigenvalue weighted by molar-refractivity contribution is -0.161. The van der Waals surface area contributed by atoms with Gasteiger partial charge in [0.05, 0.1) is 26.4 Å². The van der Waals surface area contributed by atoms with Crippen LogP contribution in [0.3, 0.4) is 0 Å². The molecule has 0 fully saturated rings. The number of carbonyl (C=O) groups is 4. The number of ether oxygens (including phenoxy) is 4. The highest BCUT2D eigenvalue weighted by molar-refractivity contribution is 7.47. The lowest BCUT2D eigenvalue weighted by atomic mass is 10.0. The average molecular weight is 1420 g/mol. The van der Waals surface area contributed by atoms with Gasteiger partial charge in [-0.3, -0.25) is 37.3 Å². The molecule has 0 aliphatic carbocycles. The summed E-state index contributed by atoms with van der Waals surface area (Å²) in [5.74, 6) is -1.38. The van der Waals surface area contributed by atoms with E-state index in [1.54, 1.807) is 0 Å². The summed E-state index contributed by atoms with van der Waals surface area (Å²) in [5, 5.41) is 10.6. The first-order valence-electron chi connectivity index (χ1n) is 40.6. The number of phosphoric acid groups is 2. The van der Waals surface area contributed by atoms with Crippen molar-refractivity contribution in [2.45, 2.75) is 432 Å². The predicted molar refractivity (Wildman–Crippen MR) is 395 cm³/mol. The maximum Gasteiger partial charge on any atom is 0.472 e. The van der Waals surface area contributed by atoms with Gasteiger partial charge in [-0.2, -0.15) is 0 Å². The molecule has 0 aliphatic heterocycles. The fraction of sp³-hybridized carbons (Fsp3) is 0.949. The van der Waals surface area contributed by atoms with E-state index in [9.17, 15) is 43.2 Å². The second-order valence-corrected chi connectivity index (χ2v) is 31.5. The topological polar surface area (TPSA) is 237 Å². The van der Waals surface area contributed by atoms with E-state index in [0.717, 1.165) is 95.8 Å². The molecule has 19 heteroatoms. The Kier molecular flexibility index (Phi) is 69.6. The largest absolute Gasteiger partial charge is 0.472 e. The molecule has 0 radical (unpaired) electrons. The van der Waals surface area contributed by atoms with Crippen molar-refractivity contribution in [2.75, 3.05) is 39.6 Å². The minimum absolute atomic E-state index is 0.108. The van der Waals surface area contributed by atoms with Crippen LogP contribution in [-0.2, 0) is 65.4 Å². The van der Waals surface area contributed by atoms with Crippen LogP contribution in [0.2, 0.25) is 0 Å². The lowest BCUT2D eigenvalue weighted by Gasteiger charge is -2.21. The quantitative estimate of drug-likeness (QED) is 0.0222. The molecular weight excluding hydrogens is 1270 g/mol. The second kappa shape index (κ2) is 71.1. The van der Waals surface area contributed by atoms with Gasteiger partial charge in [-0.15, -0.1) is 0 Å². The first-order chi connectivity index (χ1) is 47.0. The van der Waals surface area contributed by atoms with E-state index < -0.39 is 97.5 Å². The Morgan fingerprint density at radius 3 is 0.701 bits per heavy atom. The van der Waals surface area contributed by atoms with Gasteiger partial charge in [-0.25, -0.2) is 9.13 Å². The van der Waals surface area contributed by atoms with Crippen LogP contribution in [0.4, 0.5) is 0 Å². The summed E-state index contributed by atoms with van der Waals surface area (Å²) in [5.41, 5.74) is 0. The number of aliphatic hydroxyl groups is 1. The number of rotatable bonds is 78. The third-order valence-electron chi connectivity index (χ3n) is 18.3. The molecule has 0 aromatic heterocycles. The average Bonchev–Trinajstić information content (AvgIpc) is 1.86. The molecule has 0 amide bonds. The fourth-order valence-electron chi connectivity index (χ4n) is 12.1. The Labute approximate surface area is 594 Å². The molecule has 0 rings (SSSR count). The van der Waals surface area contributed by atoms with Gasteiger partial charge in [0.15, 0.2) is 12.2 Å². The van der Waals surface area contributed by atoms with E-state index in [2.05, 4.69) is 34.6 Å². The van der Waals surface area contributed by atoms with Crippen LogP contribution >= 0.6 is 15.6 Å². The molecule has 0 saturated heterocycles. The van der Waals surface area contributed by atoms with Gasteiger partial charge in [-0.1, -0.05) is 362 Å². The minimum atomic E-state index is -4.96. The van der Waals surface area contributed by atoms with Gasteiger partial charge >= 0.3 is 39.5 Å². The van der Waals surface area contributed by atoms with E-state index >= 15 is 0 Å². The maximum absolute atomic E-state index is 13.1. The fourth-order valence-corrected chi connectivity index (χ4v) is 13.6. The Bertz CT molecular complexity index is 1860. The smallest absolute Gasteiger partial charge is 0.462 e. The van der Waals surface area contributed by atoms with Crippen molar-refractivity contribution in [3.8, 4) is 0 Å². The molecule has 576 valence electrons. The molecular formula is C78H152O17P2. The molecule has 3 N–H and O–H groups in total. The number of aliphatic hydroxyl groups excluding tert-OH is 1. The summed E-state index contributed by atoms with van der Waals surface area (Å²) in [4.78, 5) is 72.9. The van der Waals surface area contributed by atoms with Crippen LogP contribution < -0.4 is 0 Å². The molecule has 17 nitrogen and oxygen atoms in total. The molecule has 97 heavy (non-hydrogen) atoms.